The van der Waals surface area contributed by atoms with Crippen LogP contribution in [0, 0.1) is 0 Å². The fourth-order valence-electron chi connectivity index (χ4n) is 2.93. The molecule has 0 aromatic heterocycles. The van der Waals surface area contributed by atoms with Crippen LogP contribution in [0.1, 0.15) is 44.0 Å². The maximum absolute atomic E-state index is 12.8. The Kier molecular flexibility index (Phi) is 6.34. The van der Waals surface area contributed by atoms with Crippen molar-refractivity contribution in [3.8, 4) is 11.5 Å². The first-order valence-electron chi connectivity index (χ1n) is 8.75. The van der Waals surface area contributed by atoms with Gasteiger partial charge in [0.2, 0.25) is 0 Å². The lowest BCUT2D eigenvalue weighted by Crippen LogP contribution is -2.47. The van der Waals surface area contributed by atoms with Gasteiger partial charge in [0.1, 0.15) is 5.60 Å². The van der Waals surface area contributed by atoms with Gasteiger partial charge in [0.25, 0.3) is 5.91 Å². The van der Waals surface area contributed by atoms with E-state index in [9.17, 15) is 9.59 Å². The third kappa shape index (κ3) is 5.03. The van der Waals surface area contributed by atoms with Crippen LogP contribution >= 0.6 is 0 Å². The lowest BCUT2D eigenvalue weighted by molar-refractivity contribution is 0.0473. The van der Waals surface area contributed by atoms with Crippen molar-refractivity contribution >= 4 is 12.0 Å². The highest BCUT2D eigenvalue weighted by molar-refractivity contribution is 5.97. The number of nitrogens with one attached hydrogen (secondary N) is 1. The van der Waals surface area contributed by atoms with Crippen molar-refractivity contribution in [2.75, 3.05) is 27.3 Å². The molecule has 26 heavy (non-hydrogen) atoms. The largest absolute Gasteiger partial charge is 0.493 e. The summed E-state index contributed by atoms with van der Waals surface area (Å²) in [5.41, 5.74) is -0.0469. The molecule has 1 aliphatic heterocycles. The van der Waals surface area contributed by atoms with Crippen molar-refractivity contribution in [3.05, 3.63) is 23.8 Å². The molecular formula is C19H28N2O5. The summed E-state index contributed by atoms with van der Waals surface area (Å²) in [6.45, 7) is 6.60. The zero-order valence-electron chi connectivity index (χ0n) is 16.1. The molecule has 0 aliphatic carbocycles. The van der Waals surface area contributed by atoms with Crippen LogP contribution in [0.4, 0.5) is 4.79 Å². The second-order valence-corrected chi connectivity index (χ2v) is 7.25. The SMILES string of the molecule is COc1cccc(C(=O)N2CCC(NC(=O)OC(C)(C)C)CC2)c1OC. The molecular weight excluding hydrogens is 336 g/mol. The van der Waals surface area contributed by atoms with E-state index in [1.165, 1.54) is 7.11 Å². The van der Waals surface area contributed by atoms with Gasteiger partial charge in [-0.3, -0.25) is 4.79 Å². The second-order valence-electron chi connectivity index (χ2n) is 7.25. The van der Waals surface area contributed by atoms with E-state index in [4.69, 9.17) is 14.2 Å². The molecule has 1 aromatic rings. The van der Waals surface area contributed by atoms with Crippen LogP contribution in [-0.2, 0) is 4.74 Å². The fraction of sp³-hybridized carbons (Fsp3) is 0.579. The number of amides is 2. The van der Waals surface area contributed by atoms with Gasteiger partial charge in [-0.25, -0.2) is 4.79 Å². The number of methoxy groups -OCH3 is 2. The van der Waals surface area contributed by atoms with Crippen LogP contribution in [-0.4, -0.2) is 55.9 Å². The van der Waals surface area contributed by atoms with Crippen molar-refractivity contribution in [2.24, 2.45) is 0 Å². The fourth-order valence-corrected chi connectivity index (χ4v) is 2.93. The quantitative estimate of drug-likeness (QED) is 0.889. The molecule has 1 saturated heterocycles. The number of likely N-dealkylation sites (tertiary alicyclic amines) is 1. The smallest absolute Gasteiger partial charge is 0.407 e. The lowest BCUT2D eigenvalue weighted by atomic mass is 10.0. The predicted molar refractivity (Wildman–Crippen MR) is 97.8 cm³/mol. The number of para-hydroxylation sites is 1. The Morgan fingerprint density at radius 2 is 1.77 bits per heavy atom. The topological polar surface area (TPSA) is 77.1 Å². The lowest BCUT2D eigenvalue weighted by Gasteiger charge is -2.33. The van der Waals surface area contributed by atoms with Crippen molar-refractivity contribution in [3.63, 3.8) is 0 Å². The molecule has 2 rings (SSSR count). The Labute approximate surface area is 154 Å². The van der Waals surface area contributed by atoms with Gasteiger partial charge in [0, 0.05) is 19.1 Å². The van der Waals surface area contributed by atoms with E-state index in [1.54, 1.807) is 30.2 Å². The summed E-state index contributed by atoms with van der Waals surface area (Å²) in [7, 11) is 3.06. The first-order valence-corrected chi connectivity index (χ1v) is 8.75. The minimum absolute atomic E-state index is 0.00102. The Hall–Kier alpha value is -2.44. The van der Waals surface area contributed by atoms with Gasteiger partial charge in [-0.1, -0.05) is 6.07 Å². The number of piperidine rings is 1. The average molecular weight is 364 g/mol. The van der Waals surface area contributed by atoms with Crippen molar-refractivity contribution < 1.29 is 23.8 Å². The normalized spacial score (nSPS) is 15.3. The summed E-state index contributed by atoms with van der Waals surface area (Å²) in [5.74, 6) is 0.866. The maximum atomic E-state index is 12.8. The van der Waals surface area contributed by atoms with E-state index in [-0.39, 0.29) is 11.9 Å². The summed E-state index contributed by atoms with van der Waals surface area (Å²) < 4.78 is 15.9. The number of carbonyl (C=O) groups excluding carboxylic acids is 2. The number of alkyl carbamates (subject to hydrolysis) is 1. The zero-order chi connectivity index (χ0) is 19.3. The van der Waals surface area contributed by atoms with Gasteiger partial charge >= 0.3 is 6.09 Å². The molecule has 0 saturated carbocycles. The van der Waals surface area contributed by atoms with Crippen LogP contribution in [0.5, 0.6) is 11.5 Å². The van der Waals surface area contributed by atoms with E-state index < -0.39 is 11.7 Å². The number of rotatable bonds is 4. The standard InChI is InChI=1S/C19H28N2O5/c1-19(2,3)26-18(23)20-13-9-11-21(12-10-13)17(22)14-7-6-8-15(24-4)16(14)25-5/h6-8,13H,9-12H2,1-5H3,(H,20,23). The minimum Gasteiger partial charge on any atom is -0.493 e. The number of carbonyl (C=O) groups is 2. The second kappa shape index (κ2) is 8.29. The molecule has 1 aromatic carbocycles. The summed E-state index contributed by atoms with van der Waals surface area (Å²) in [4.78, 5) is 26.5. The Morgan fingerprint density at radius 3 is 2.31 bits per heavy atom. The van der Waals surface area contributed by atoms with Gasteiger partial charge in [0.05, 0.1) is 19.8 Å². The highest BCUT2D eigenvalue weighted by atomic mass is 16.6. The number of hydrogen-bond donors (Lipinski definition) is 1. The molecule has 0 radical (unpaired) electrons. The van der Waals surface area contributed by atoms with Gasteiger partial charge in [0.15, 0.2) is 11.5 Å². The van der Waals surface area contributed by atoms with E-state index >= 15 is 0 Å². The summed E-state index contributed by atoms with van der Waals surface area (Å²) in [5, 5.41) is 2.87. The highest BCUT2D eigenvalue weighted by Crippen LogP contribution is 2.32. The molecule has 1 heterocycles. The number of nitrogens with zero attached hydrogens (tertiary/aromatic N) is 1. The molecule has 2 amide bonds. The van der Waals surface area contributed by atoms with E-state index in [2.05, 4.69) is 5.32 Å². The maximum Gasteiger partial charge on any atom is 0.407 e. The van der Waals surface area contributed by atoms with Crippen LogP contribution in [0.25, 0.3) is 0 Å². The molecule has 0 bridgehead atoms. The number of hydrogen-bond acceptors (Lipinski definition) is 5. The Morgan fingerprint density at radius 1 is 1.12 bits per heavy atom. The molecule has 7 nitrogen and oxygen atoms in total. The number of ether oxygens (including phenoxy) is 3. The molecule has 0 unspecified atom stereocenters. The molecule has 0 spiro atoms. The number of benzene rings is 1. The first-order chi connectivity index (χ1) is 12.2. The Balaban J connectivity index is 1.96. The summed E-state index contributed by atoms with van der Waals surface area (Å²) >= 11 is 0. The van der Waals surface area contributed by atoms with Crippen LogP contribution in [0.15, 0.2) is 18.2 Å². The third-order valence-corrected chi connectivity index (χ3v) is 4.14. The van der Waals surface area contributed by atoms with Gasteiger partial charge in [-0.15, -0.1) is 0 Å². The summed E-state index contributed by atoms with van der Waals surface area (Å²) in [6, 6.07) is 5.26. The van der Waals surface area contributed by atoms with Crippen molar-refractivity contribution in [1.29, 1.82) is 0 Å². The third-order valence-electron chi connectivity index (χ3n) is 4.14. The minimum atomic E-state index is -0.524. The molecule has 1 fully saturated rings. The summed E-state index contributed by atoms with van der Waals surface area (Å²) in [6.07, 6.45) is 0.936. The van der Waals surface area contributed by atoms with Crippen molar-refractivity contribution in [2.45, 2.75) is 45.3 Å². The van der Waals surface area contributed by atoms with Gasteiger partial charge in [-0.05, 0) is 45.7 Å². The first kappa shape index (κ1) is 19.9. The van der Waals surface area contributed by atoms with Crippen LogP contribution < -0.4 is 14.8 Å². The van der Waals surface area contributed by atoms with E-state index in [1.807, 2.05) is 20.8 Å². The van der Waals surface area contributed by atoms with Gasteiger partial charge in [-0.2, -0.15) is 0 Å². The Bertz CT molecular complexity index is 646. The van der Waals surface area contributed by atoms with Crippen LogP contribution in [0.2, 0.25) is 0 Å². The van der Waals surface area contributed by atoms with Gasteiger partial charge < -0.3 is 24.4 Å². The molecule has 0 atom stereocenters. The van der Waals surface area contributed by atoms with Crippen molar-refractivity contribution in [1.82, 2.24) is 10.2 Å². The highest BCUT2D eigenvalue weighted by Gasteiger charge is 2.28. The molecule has 1 N–H and O–H groups in total. The molecule has 1 aliphatic rings. The average Bonchev–Trinajstić information content (AvgIpc) is 2.59. The molecule has 7 heteroatoms. The zero-order valence-corrected chi connectivity index (χ0v) is 16.1. The van der Waals surface area contributed by atoms with Crippen LogP contribution in [0.3, 0.4) is 0 Å². The van der Waals surface area contributed by atoms with E-state index in [0.29, 0.717) is 43.0 Å². The monoisotopic (exact) mass is 364 g/mol. The predicted octanol–water partition coefficient (Wildman–Crippen LogP) is 2.83. The molecule has 144 valence electrons. The van der Waals surface area contributed by atoms with E-state index in [0.717, 1.165) is 0 Å².